The van der Waals surface area contributed by atoms with Crippen LogP contribution in [0.5, 0.6) is 0 Å². The average Bonchev–Trinajstić information content (AvgIpc) is 3.06. The largest absolute Gasteiger partial charge is 0.0801 e. The van der Waals surface area contributed by atoms with Gasteiger partial charge in [-0.3, -0.25) is 0 Å². The van der Waals surface area contributed by atoms with Crippen molar-refractivity contribution in [3.63, 3.8) is 0 Å². The molecule has 124 valence electrons. The third-order valence-corrected chi connectivity index (χ3v) is 4.06. The Labute approximate surface area is 146 Å². The van der Waals surface area contributed by atoms with Crippen molar-refractivity contribution in [2.45, 2.75) is 40.5 Å². The van der Waals surface area contributed by atoms with Crippen LogP contribution in [0.1, 0.15) is 62.8 Å². The Morgan fingerprint density at radius 2 is 0.833 bits per heavy atom. The van der Waals surface area contributed by atoms with Crippen LogP contribution in [-0.2, 0) is 0 Å². The van der Waals surface area contributed by atoms with Crippen molar-refractivity contribution in [3.8, 4) is 0 Å². The Hall–Kier alpha value is -2.34. The Bertz CT molecular complexity index is 730. The zero-order valence-electron chi connectivity index (χ0n) is 15.3. The fourth-order valence-electron chi connectivity index (χ4n) is 3.15. The predicted molar refractivity (Wildman–Crippen MR) is 112 cm³/mol. The van der Waals surface area contributed by atoms with Crippen LogP contribution in [0.25, 0.3) is 35.1 Å². The normalized spacial score (nSPS) is 13.7. The summed E-state index contributed by atoms with van der Waals surface area (Å²) in [7, 11) is 0. The summed E-state index contributed by atoms with van der Waals surface area (Å²) >= 11 is 0. The zero-order valence-corrected chi connectivity index (χ0v) is 15.3. The molecule has 2 aliphatic rings. The Kier molecular flexibility index (Phi) is 6.81. The molecule has 0 spiro atoms. The first kappa shape index (κ1) is 18.0. The quantitative estimate of drug-likeness (QED) is 0.466. The third-order valence-electron chi connectivity index (χ3n) is 4.06. The highest BCUT2D eigenvalue weighted by atomic mass is 14.2. The summed E-state index contributed by atoms with van der Waals surface area (Å²) in [6, 6.07) is 8.74. The van der Waals surface area contributed by atoms with Gasteiger partial charge in [-0.25, -0.2) is 0 Å². The summed E-state index contributed by atoms with van der Waals surface area (Å²) in [4.78, 5) is 0. The molecular formula is C24H28. The molecule has 0 saturated heterocycles. The molecule has 0 fully saturated rings. The molecule has 0 saturated carbocycles. The first-order valence-electron chi connectivity index (χ1n) is 9.20. The summed E-state index contributed by atoms with van der Waals surface area (Å²) in [5.41, 5.74) is 5.42. The van der Waals surface area contributed by atoms with E-state index >= 15 is 0 Å². The summed E-state index contributed by atoms with van der Waals surface area (Å²) in [6.45, 7) is 8.00. The standard InChI is InChI=1S/C20H16.2C2H6/c1-3-9-15-16-10-4-2-6-12-18(16)20-14-8-7-13-19(20)17(15)11-5-1;2*1-2/h3-14H,1-2H2;2*1-2H3. The van der Waals surface area contributed by atoms with Crippen molar-refractivity contribution in [2.75, 3.05) is 0 Å². The van der Waals surface area contributed by atoms with Crippen LogP contribution in [-0.4, -0.2) is 0 Å². The van der Waals surface area contributed by atoms with Crippen molar-refractivity contribution in [1.82, 2.24) is 0 Å². The van der Waals surface area contributed by atoms with Gasteiger partial charge in [-0.15, -0.1) is 0 Å². The molecule has 4 rings (SSSR count). The molecule has 24 heavy (non-hydrogen) atoms. The molecule has 0 radical (unpaired) electrons. The summed E-state index contributed by atoms with van der Waals surface area (Å²) in [5, 5.41) is 2.70. The molecule has 0 atom stereocenters. The highest BCUT2D eigenvalue weighted by Gasteiger charge is 2.14. The number of allylic oxidation sites excluding steroid dienone is 4. The highest BCUT2D eigenvalue weighted by Crippen LogP contribution is 2.36. The van der Waals surface area contributed by atoms with Crippen LogP contribution in [0.15, 0.2) is 48.6 Å². The van der Waals surface area contributed by atoms with E-state index in [1.165, 1.54) is 33.0 Å². The van der Waals surface area contributed by atoms with E-state index in [1.54, 1.807) is 0 Å². The van der Waals surface area contributed by atoms with Gasteiger partial charge < -0.3 is 0 Å². The molecule has 0 heteroatoms. The van der Waals surface area contributed by atoms with Crippen LogP contribution in [0, 0.1) is 0 Å². The topological polar surface area (TPSA) is 0 Å². The lowest BCUT2D eigenvalue weighted by Crippen LogP contribution is -1.94. The summed E-state index contributed by atoms with van der Waals surface area (Å²) in [5.74, 6) is 0. The molecule has 0 amide bonds. The van der Waals surface area contributed by atoms with Crippen molar-refractivity contribution >= 4 is 35.1 Å². The van der Waals surface area contributed by atoms with Crippen LogP contribution in [0.3, 0.4) is 0 Å². The average molecular weight is 316 g/mol. The second-order valence-electron chi connectivity index (χ2n) is 5.28. The molecule has 2 aromatic carbocycles. The maximum absolute atomic E-state index is 2.28. The molecule has 0 aromatic heterocycles. The molecular weight excluding hydrogens is 288 g/mol. The van der Waals surface area contributed by atoms with E-state index in [1.807, 2.05) is 27.7 Å². The minimum absolute atomic E-state index is 1.01. The van der Waals surface area contributed by atoms with Gasteiger partial charge >= 0.3 is 0 Å². The van der Waals surface area contributed by atoms with Gasteiger partial charge in [-0.2, -0.15) is 0 Å². The van der Waals surface area contributed by atoms with Gasteiger partial charge in [0.15, 0.2) is 0 Å². The van der Waals surface area contributed by atoms with Gasteiger partial charge in [0.1, 0.15) is 0 Å². The molecule has 0 N–H and O–H groups in total. The van der Waals surface area contributed by atoms with E-state index < -0.39 is 0 Å². The van der Waals surface area contributed by atoms with Gasteiger partial charge in [0.05, 0.1) is 0 Å². The molecule has 0 unspecified atom stereocenters. The van der Waals surface area contributed by atoms with Gasteiger partial charge in [0.2, 0.25) is 0 Å². The smallest absolute Gasteiger partial charge is 0.00991 e. The maximum Gasteiger partial charge on any atom is -0.00991 e. The van der Waals surface area contributed by atoms with E-state index in [0.717, 1.165) is 12.8 Å². The first-order valence-corrected chi connectivity index (χ1v) is 9.20. The number of hydrogen-bond donors (Lipinski definition) is 0. The lowest BCUT2D eigenvalue weighted by Gasteiger charge is -2.15. The van der Waals surface area contributed by atoms with Crippen LogP contribution < -0.4 is 0 Å². The Balaban J connectivity index is 0.000000487. The van der Waals surface area contributed by atoms with Crippen molar-refractivity contribution in [2.24, 2.45) is 0 Å². The maximum atomic E-state index is 2.28. The summed E-state index contributed by atoms with van der Waals surface area (Å²) in [6.07, 6.45) is 20.1. The minimum Gasteiger partial charge on any atom is -0.0801 e. The monoisotopic (exact) mass is 316 g/mol. The Morgan fingerprint density at radius 1 is 0.500 bits per heavy atom. The van der Waals surface area contributed by atoms with Crippen molar-refractivity contribution in [1.29, 1.82) is 0 Å². The second kappa shape index (κ2) is 9.08. The van der Waals surface area contributed by atoms with E-state index in [2.05, 4.69) is 72.9 Å². The van der Waals surface area contributed by atoms with Crippen LogP contribution >= 0.6 is 0 Å². The number of hydrogen-bond acceptors (Lipinski definition) is 0. The van der Waals surface area contributed by atoms with Crippen LogP contribution in [0.4, 0.5) is 0 Å². The third kappa shape index (κ3) is 3.43. The van der Waals surface area contributed by atoms with Crippen molar-refractivity contribution < 1.29 is 0 Å². The van der Waals surface area contributed by atoms with Gasteiger partial charge in [-0.05, 0) is 45.9 Å². The fourth-order valence-corrected chi connectivity index (χ4v) is 3.15. The first-order chi connectivity index (χ1) is 11.9. The van der Waals surface area contributed by atoms with Gasteiger partial charge in [-0.1, -0.05) is 101 Å². The lowest BCUT2D eigenvalue weighted by molar-refractivity contribution is 1.43. The second-order valence-corrected chi connectivity index (χ2v) is 5.28. The molecule has 2 aliphatic carbocycles. The molecule has 0 bridgehead atoms. The van der Waals surface area contributed by atoms with E-state index in [9.17, 15) is 0 Å². The van der Waals surface area contributed by atoms with E-state index in [0.29, 0.717) is 0 Å². The van der Waals surface area contributed by atoms with Crippen molar-refractivity contribution in [3.05, 3.63) is 70.8 Å². The number of rotatable bonds is 0. The van der Waals surface area contributed by atoms with Crippen LogP contribution in [0.2, 0.25) is 0 Å². The molecule has 2 aromatic rings. The predicted octanol–water partition coefficient (Wildman–Crippen LogP) is 7.75. The Morgan fingerprint density at radius 3 is 1.21 bits per heavy atom. The summed E-state index contributed by atoms with van der Waals surface area (Å²) < 4.78 is 0. The molecule has 0 aliphatic heterocycles. The fraction of sp³-hybridized carbons (Fsp3) is 0.250. The molecule has 0 nitrogen and oxygen atoms in total. The zero-order chi connectivity index (χ0) is 17.4. The molecule has 0 heterocycles. The minimum atomic E-state index is 1.01. The van der Waals surface area contributed by atoms with E-state index in [4.69, 9.17) is 0 Å². The van der Waals surface area contributed by atoms with Gasteiger partial charge in [0, 0.05) is 0 Å². The van der Waals surface area contributed by atoms with E-state index in [-0.39, 0.29) is 0 Å². The number of benzene rings is 2. The lowest BCUT2D eigenvalue weighted by atomic mass is 9.89. The SMILES string of the molecule is C1=Cc2c3c(c4ccccc4c2C=CC1)C=CCC=C3.CC.CC. The number of fused-ring (bicyclic) bond motifs is 6. The highest BCUT2D eigenvalue weighted by molar-refractivity contribution is 6.03. The van der Waals surface area contributed by atoms with Gasteiger partial charge in [0.25, 0.3) is 0 Å².